The van der Waals surface area contributed by atoms with Crippen molar-refractivity contribution in [1.29, 1.82) is 0 Å². The van der Waals surface area contributed by atoms with E-state index in [9.17, 15) is 22.0 Å². The summed E-state index contributed by atoms with van der Waals surface area (Å²) < 4.78 is 69.6. The molecule has 0 heterocycles. The predicted molar refractivity (Wildman–Crippen MR) is 69.5 cm³/mol. The van der Waals surface area contributed by atoms with Gasteiger partial charge in [-0.15, -0.1) is 0 Å². The van der Waals surface area contributed by atoms with Crippen molar-refractivity contribution in [3.8, 4) is 0 Å². The van der Waals surface area contributed by atoms with E-state index in [4.69, 9.17) is 0 Å². The Morgan fingerprint density at radius 3 is 1.41 bits per heavy atom. The fourth-order valence-corrected chi connectivity index (χ4v) is 7.12. The maximum atomic E-state index is 14.2. The summed E-state index contributed by atoms with van der Waals surface area (Å²) in [4.78, 5) is 0. The molecule has 1 aromatic carbocycles. The van der Waals surface area contributed by atoms with Crippen LogP contribution in [0.5, 0.6) is 0 Å². The average Bonchev–Trinajstić information content (AvgIpc) is 3.20. The Balaban J connectivity index is 2.21. The topological polar surface area (TPSA) is 0 Å². The number of benzene rings is 1. The van der Waals surface area contributed by atoms with Crippen molar-refractivity contribution in [2.75, 3.05) is 0 Å². The van der Waals surface area contributed by atoms with E-state index in [0.717, 1.165) is 7.76 Å². The molecule has 0 N–H and O–H groups in total. The first kappa shape index (κ1) is 15.4. The summed E-state index contributed by atoms with van der Waals surface area (Å²) in [6, 6.07) is 0. The molecule has 0 unspecified atom stereocenters. The minimum atomic E-state index is -2.99. The third-order valence-electron chi connectivity index (χ3n) is 3.64. The third-order valence-corrected chi connectivity index (χ3v) is 8.27. The maximum absolute atomic E-state index is 14.2. The average molecular weight is 345 g/mol. The van der Waals surface area contributed by atoms with Gasteiger partial charge in [-0.1, -0.05) is 0 Å². The van der Waals surface area contributed by atoms with Crippen molar-refractivity contribution in [2.24, 2.45) is 0 Å². The molecule has 0 aromatic heterocycles. The molecule has 2 aliphatic carbocycles. The molecular weight excluding hydrogens is 335 g/mol. The van der Waals surface area contributed by atoms with Crippen LogP contribution in [0.2, 0.25) is 0 Å². The van der Waals surface area contributed by atoms with Crippen LogP contribution in [-0.2, 0) is 17.9 Å². The minimum absolute atomic E-state index is 0.492. The Labute approximate surface area is 130 Å². The normalized spacial score (nSPS) is 16.2. The molecular formula is C16H10F5Ti. The van der Waals surface area contributed by atoms with Crippen LogP contribution in [-0.4, -0.2) is 0 Å². The first-order chi connectivity index (χ1) is 10.5. The van der Waals surface area contributed by atoms with Crippen LogP contribution >= 0.6 is 0 Å². The second-order valence-corrected chi connectivity index (χ2v) is 8.93. The third kappa shape index (κ3) is 2.42. The van der Waals surface area contributed by atoms with E-state index in [2.05, 4.69) is 0 Å². The van der Waals surface area contributed by atoms with Crippen LogP contribution in [0.1, 0.15) is 12.8 Å². The van der Waals surface area contributed by atoms with Crippen molar-refractivity contribution in [2.45, 2.75) is 12.8 Å². The van der Waals surface area contributed by atoms with Crippen molar-refractivity contribution in [3.05, 3.63) is 73.3 Å². The molecule has 2 aliphatic rings. The fraction of sp³-hybridized carbons (Fsp3) is 0.125. The molecule has 1 aromatic rings. The molecule has 0 atom stereocenters. The summed E-state index contributed by atoms with van der Waals surface area (Å²) in [5.41, 5.74) is 0. The van der Waals surface area contributed by atoms with Crippen molar-refractivity contribution in [3.63, 3.8) is 0 Å². The van der Waals surface area contributed by atoms with Crippen LogP contribution in [0, 0.1) is 29.1 Å². The fourth-order valence-electron chi connectivity index (χ4n) is 2.62. The van der Waals surface area contributed by atoms with E-state index in [1.807, 2.05) is 12.2 Å². The molecule has 0 saturated heterocycles. The van der Waals surface area contributed by atoms with Gasteiger partial charge in [0.2, 0.25) is 0 Å². The summed E-state index contributed by atoms with van der Waals surface area (Å²) in [6.07, 6.45) is 11.6. The standard InChI is InChI=1S/C6F5.2C5H5.Ti/c7-2-1-3(8)5(10)6(11)4(2)9;2*1-2-4-5-3-1;/h;2*1-3H,4H2;. The summed E-state index contributed by atoms with van der Waals surface area (Å²) in [5.74, 6) is -9.21. The van der Waals surface area contributed by atoms with Crippen molar-refractivity contribution in [1.82, 2.24) is 0 Å². The van der Waals surface area contributed by atoms with Gasteiger partial charge in [-0.2, -0.15) is 0 Å². The molecule has 0 radical (unpaired) electrons. The second-order valence-electron chi connectivity index (χ2n) is 4.97. The van der Waals surface area contributed by atoms with Crippen molar-refractivity contribution >= 4 is 3.87 Å². The Morgan fingerprint density at radius 2 is 1.05 bits per heavy atom. The summed E-state index contributed by atoms with van der Waals surface area (Å²) in [5, 5.41) is 0. The van der Waals surface area contributed by atoms with Crippen LogP contribution in [0.3, 0.4) is 0 Å². The van der Waals surface area contributed by atoms with E-state index in [-0.39, 0.29) is 0 Å². The van der Waals surface area contributed by atoms with Crippen LogP contribution in [0.4, 0.5) is 22.0 Å². The van der Waals surface area contributed by atoms with Gasteiger partial charge in [0.25, 0.3) is 0 Å². The molecule has 0 aliphatic heterocycles. The zero-order chi connectivity index (χ0) is 15.9. The first-order valence-corrected chi connectivity index (χ1v) is 8.97. The zero-order valence-electron chi connectivity index (χ0n) is 11.3. The Bertz CT molecular complexity index is 699. The quantitative estimate of drug-likeness (QED) is 0.331. The van der Waals surface area contributed by atoms with Gasteiger partial charge in [0, 0.05) is 0 Å². The summed E-state index contributed by atoms with van der Waals surface area (Å²) in [6.45, 7) is 0. The Kier molecular flexibility index (Phi) is 4.19. The Morgan fingerprint density at radius 1 is 0.636 bits per heavy atom. The monoisotopic (exact) mass is 345 g/mol. The van der Waals surface area contributed by atoms with E-state index in [0.29, 0.717) is 12.8 Å². The molecule has 22 heavy (non-hydrogen) atoms. The molecule has 113 valence electrons. The van der Waals surface area contributed by atoms with E-state index < -0.39 is 50.8 Å². The number of halogens is 5. The molecule has 0 saturated carbocycles. The van der Waals surface area contributed by atoms with Gasteiger partial charge in [-0.25, -0.2) is 0 Å². The number of hydrogen-bond acceptors (Lipinski definition) is 0. The second kappa shape index (κ2) is 5.97. The molecule has 3 rings (SSSR count). The molecule has 6 heteroatoms. The molecule has 0 spiro atoms. The summed E-state index contributed by atoms with van der Waals surface area (Å²) >= 11 is -2.99. The van der Waals surface area contributed by atoms with Crippen molar-refractivity contribution < 1.29 is 39.8 Å². The van der Waals surface area contributed by atoms with Crippen LogP contribution < -0.4 is 3.87 Å². The molecule has 0 nitrogen and oxygen atoms in total. The number of rotatable bonds is 3. The SMILES string of the molecule is Fc1c(F)c(F)[c]([Ti]([C]2=CC=CC2)[C]2=CC=CC2)c(F)c1F. The van der Waals surface area contributed by atoms with Gasteiger partial charge in [-0.3, -0.25) is 0 Å². The molecule has 0 fully saturated rings. The zero-order valence-corrected chi connectivity index (χ0v) is 12.8. The van der Waals surface area contributed by atoms with Gasteiger partial charge in [0.15, 0.2) is 0 Å². The first-order valence-electron chi connectivity index (χ1n) is 6.63. The summed E-state index contributed by atoms with van der Waals surface area (Å²) in [7, 11) is 0. The molecule has 0 bridgehead atoms. The van der Waals surface area contributed by atoms with Crippen LogP contribution in [0.25, 0.3) is 0 Å². The van der Waals surface area contributed by atoms with E-state index >= 15 is 0 Å². The predicted octanol–water partition coefficient (Wildman–Crippen LogP) is 4.31. The Hall–Kier alpha value is -1.46. The van der Waals surface area contributed by atoms with Gasteiger partial charge >= 0.3 is 130 Å². The van der Waals surface area contributed by atoms with Gasteiger partial charge in [0.1, 0.15) is 0 Å². The number of hydrogen-bond donors (Lipinski definition) is 0. The van der Waals surface area contributed by atoms with Gasteiger partial charge in [-0.05, 0) is 0 Å². The van der Waals surface area contributed by atoms with Crippen LogP contribution in [0.15, 0.2) is 44.2 Å². The molecule has 0 amide bonds. The number of allylic oxidation sites excluding steroid dienone is 8. The van der Waals surface area contributed by atoms with Gasteiger partial charge in [0.05, 0.1) is 0 Å². The van der Waals surface area contributed by atoms with Gasteiger partial charge < -0.3 is 0 Å². The van der Waals surface area contributed by atoms with E-state index in [1.54, 1.807) is 24.3 Å². The van der Waals surface area contributed by atoms with E-state index in [1.165, 1.54) is 0 Å².